The van der Waals surface area contributed by atoms with Crippen molar-refractivity contribution in [1.29, 1.82) is 0 Å². The third-order valence-electron chi connectivity index (χ3n) is 2.61. The van der Waals surface area contributed by atoms with Gasteiger partial charge in [-0.25, -0.2) is 9.69 Å². The lowest BCUT2D eigenvalue weighted by molar-refractivity contribution is -0.143. The van der Waals surface area contributed by atoms with E-state index in [9.17, 15) is 14.4 Å². The van der Waals surface area contributed by atoms with Gasteiger partial charge >= 0.3 is 5.97 Å². The molecule has 0 bridgehead atoms. The Labute approximate surface area is 103 Å². The number of benzene rings is 1. The molecule has 18 heavy (non-hydrogen) atoms. The van der Waals surface area contributed by atoms with Gasteiger partial charge in [0.2, 0.25) is 11.8 Å². The minimum absolute atomic E-state index is 0.0677. The van der Waals surface area contributed by atoms with Crippen molar-refractivity contribution in [2.24, 2.45) is 0 Å². The minimum atomic E-state index is -1.29. The molecule has 0 radical (unpaired) electrons. The summed E-state index contributed by atoms with van der Waals surface area (Å²) in [6.45, 7) is 0. The lowest BCUT2D eigenvalue weighted by atomic mass is 10.2. The predicted octanol–water partition coefficient (Wildman–Crippen LogP) is 1.26. The van der Waals surface area contributed by atoms with Gasteiger partial charge < -0.3 is 5.11 Å². The first-order chi connectivity index (χ1) is 8.59. The van der Waals surface area contributed by atoms with Crippen molar-refractivity contribution in [3.8, 4) is 0 Å². The SMILES string of the molecule is O=C(O)C(=Cc1ccccc1)N1C(=O)CCC1=O. The number of carboxylic acids is 1. The molecule has 1 heterocycles. The zero-order valence-corrected chi connectivity index (χ0v) is 9.50. The summed E-state index contributed by atoms with van der Waals surface area (Å²) < 4.78 is 0. The molecule has 92 valence electrons. The van der Waals surface area contributed by atoms with Crippen molar-refractivity contribution < 1.29 is 19.5 Å². The third kappa shape index (κ3) is 2.29. The molecule has 1 aromatic carbocycles. The molecule has 0 spiro atoms. The van der Waals surface area contributed by atoms with Gasteiger partial charge in [-0.15, -0.1) is 0 Å². The first-order valence-electron chi connectivity index (χ1n) is 5.45. The van der Waals surface area contributed by atoms with Crippen LogP contribution in [0.15, 0.2) is 36.0 Å². The number of amides is 2. The van der Waals surface area contributed by atoms with Crippen molar-refractivity contribution in [3.63, 3.8) is 0 Å². The van der Waals surface area contributed by atoms with E-state index in [-0.39, 0.29) is 18.5 Å². The van der Waals surface area contributed by atoms with Crippen molar-refractivity contribution in [2.75, 3.05) is 0 Å². The molecule has 5 heteroatoms. The standard InChI is InChI=1S/C13H11NO4/c15-11-6-7-12(16)14(11)10(13(17)18)8-9-4-2-1-3-5-9/h1-5,8H,6-7H2,(H,17,18). The van der Waals surface area contributed by atoms with Gasteiger partial charge in [-0.2, -0.15) is 0 Å². The molecule has 0 aliphatic carbocycles. The van der Waals surface area contributed by atoms with E-state index in [1.165, 1.54) is 6.08 Å². The molecule has 0 saturated carbocycles. The Kier molecular flexibility index (Phi) is 3.23. The van der Waals surface area contributed by atoms with Gasteiger partial charge in [0.15, 0.2) is 0 Å². The highest BCUT2D eigenvalue weighted by Crippen LogP contribution is 2.20. The van der Waals surface area contributed by atoms with E-state index in [1.807, 2.05) is 0 Å². The van der Waals surface area contributed by atoms with Crippen molar-refractivity contribution in [1.82, 2.24) is 4.90 Å². The quantitative estimate of drug-likeness (QED) is 0.642. The molecule has 0 atom stereocenters. The van der Waals surface area contributed by atoms with Crippen molar-refractivity contribution in [3.05, 3.63) is 41.6 Å². The van der Waals surface area contributed by atoms with E-state index in [2.05, 4.69) is 0 Å². The summed E-state index contributed by atoms with van der Waals surface area (Å²) in [5.41, 5.74) is 0.330. The molecule has 2 rings (SSSR count). The van der Waals surface area contributed by atoms with Crippen LogP contribution in [0.3, 0.4) is 0 Å². The van der Waals surface area contributed by atoms with Crippen LogP contribution in [0.2, 0.25) is 0 Å². The van der Waals surface area contributed by atoms with E-state index in [0.29, 0.717) is 5.56 Å². The summed E-state index contributed by atoms with van der Waals surface area (Å²) in [7, 11) is 0. The highest BCUT2D eigenvalue weighted by molar-refractivity contribution is 6.10. The van der Waals surface area contributed by atoms with Gasteiger partial charge in [-0.1, -0.05) is 30.3 Å². The van der Waals surface area contributed by atoms with Gasteiger partial charge in [0.05, 0.1) is 0 Å². The smallest absolute Gasteiger partial charge is 0.353 e. The maximum atomic E-state index is 11.5. The van der Waals surface area contributed by atoms with Gasteiger partial charge in [0.1, 0.15) is 5.70 Å². The fourth-order valence-corrected chi connectivity index (χ4v) is 1.77. The van der Waals surface area contributed by atoms with Crippen LogP contribution in [0, 0.1) is 0 Å². The maximum absolute atomic E-state index is 11.5. The Morgan fingerprint density at radius 1 is 1.11 bits per heavy atom. The lowest BCUT2D eigenvalue weighted by Crippen LogP contribution is -2.32. The summed E-state index contributed by atoms with van der Waals surface area (Å²) in [5, 5.41) is 9.12. The molecule has 1 aliphatic heterocycles. The van der Waals surface area contributed by atoms with Crippen LogP contribution in [-0.2, 0) is 14.4 Å². The number of carboxylic acid groups (broad SMARTS) is 1. The monoisotopic (exact) mass is 245 g/mol. The fourth-order valence-electron chi connectivity index (χ4n) is 1.77. The van der Waals surface area contributed by atoms with Crippen LogP contribution in [0.5, 0.6) is 0 Å². The largest absolute Gasteiger partial charge is 0.477 e. The molecule has 2 amide bonds. The average molecular weight is 245 g/mol. The van der Waals surface area contributed by atoms with Gasteiger partial charge in [0, 0.05) is 12.8 Å². The van der Waals surface area contributed by atoms with Gasteiger partial charge in [-0.3, -0.25) is 9.59 Å². The second-order valence-corrected chi connectivity index (χ2v) is 3.87. The molecular weight excluding hydrogens is 234 g/mol. The van der Waals surface area contributed by atoms with E-state index < -0.39 is 17.8 Å². The number of rotatable bonds is 3. The van der Waals surface area contributed by atoms with Crippen LogP contribution in [-0.4, -0.2) is 27.8 Å². The predicted molar refractivity (Wildman–Crippen MR) is 63.1 cm³/mol. The Balaban J connectivity index is 2.41. The molecule has 1 saturated heterocycles. The Hall–Kier alpha value is -2.43. The van der Waals surface area contributed by atoms with Crippen LogP contribution in [0.25, 0.3) is 6.08 Å². The molecule has 1 fully saturated rings. The van der Waals surface area contributed by atoms with Gasteiger partial charge in [0.25, 0.3) is 0 Å². The summed E-state index contributed by atoms with van der Waals surface area (Å²) in [4.78, 5) is 35.0. The van der Waals surface area contributed by atoms with Crippen molar-refractivity contribution in [2.45, 2.75) is 12.8 Å². The summed E-state index contributed by atoms with van der Waals surface area (Å²) in [5.74, 6) is -2.23. The Morgan fingerprint density at radius 2 is 1.67 bits per heavy atom. The highest BCUT2D eigenvalue weighted by Gasteiger charge is 2.34. The molecule has 1 aromatic rings. The number of hydrogen-bond acceptors (Lipinski definition) is 3. The van der Waals surface area contributed by atoms with Crippen molar-refractivity contribution >= 4 is 23.9 Å². The highest BCUT2D eigenvalue weighted by atomic mass is 16.4. The van der Waals surface area contributed by atoms with Crippen LogP contribution in [0.1, 0.15) is 18.4 Å². The molecule has 5 nitrogen and oxygen atoms in total. The first-order valence-corrected chi connectivity index (χ1v) is 5.45. The lowest BCUT2D eigenvalue weighted by Gasteiger charge is -2.14. The van der Waals surface area contributed by atoms with E-state index in [4.69, 9.17) is 5.11 Å². The van der Waals surface area contributed by atoms with Crippen LogP contribution in [0.4, 0.5) is 0 Å². The zero-order chi connectivity index (χ0) is 13.1. The summed E-state index contributed by atoms with van der Waals surface area (Å²) >= 11 is 0. The molecule has 1 aliphatic rings. The maximum Gasteiger partial charge on any atom is 0.353 e. The van der Waals surface area contributed by atoms with Crippen LogP contribution >= 0.6 is 0 Å². The first kappa shape index (κ1) is 12.0. The number of carbonyl (C=O) groups excluding carboxylic acids is 2. The number of nitrogens with zero attached hydrogens (tertiary/aromatic N) is 1. The van der Waals surface area contributed by atoms with E-state index >= 15 is 0 Å². The fraction of sp³-hybridized carbons (Fsp3) is 0.154. The molecule has 0 unspecified atom stereocenters. The third-order valence-corrected chi connectivity index (χ3v) is 2.61. The second kappa shape index (κ2) is 4.83. The number of hydrogen-bond donors (Lipinski definition) is 1. The number of carbonyl (C=O) groups is 3. The Bertz CT molecular complexity index is 517. The minimum Gasteiger partial charge on any atom is -0.477 e. The molecule has 0 aromatic heterocycles. The normalized spacial score (nSPS) is 16.2. The average Bonchev–Trinajstić information content (AvgIpc) is 2.67. The van der Waals surface area contributed by atoms with Crippen LogP contribution < -0.4 is 0 Å². The summed E-state index contributed by atoms with van der Waals surface area (Å²) in [6.07, 6.45) is 1.46. The van der Waals surface area contributed by atoms with Gasteiger partial charge in [-0.05, 0) is 11.6 Å². The zero-order valence-electron chi connectivity index (χ0n) is 9.50. The Morgan fingerprint density at radius 3 is 2.17 bits per heavy atom. The van der Waals surface area contributed by atoms with E-state index in [1.54, 1.807) is 30.3 Å². The molecular formula is C13H11NO4. The molecule has 1 N–H and O–H groups in total. The van der Waals surface area contributed by atoms with E-state index in [0.717, 1.165) is 4.90 Å². The summed E-state index contributed by atoms with van der Waals surface area (Å²) in [6, 6.07) is 8.70. The second-order valence-electron chi connectivity index (χ2n) is 3.87. The number of aliphatic carboxylic acids is 1. The number of imide groups is 1. The topological polar surface area (TPSA) is 74.7 Å². The number of likely N-dealkylation sites (tertiary alicyclic amines) is 1.